The Hall–Kier alpha value is -1.43. The monoisotopic (exact) mass is 264 g/mol. The number of fused-ring (bicyclic) bond motifs is 1. The molecule has 0 fully saturated rings. The largest absolute Gasteiger partial charge is 0.376 e. The first-order chi connectivity index (χ1) is 9.04. The normalized spacial score (nSPS) is 21.1. The number of nitrogens with one attached hydrogen (secondary N) is 1. The molecule has 1 heterocycles. The van der Waals surface area contributed by atoms with Crippen molar-refractivity contribution in [3.05, 3.63) is 29.8 Å². The molecule has 3 atom stereocenters. The van der Waals surface area contributed by atoms with E-state index in [1.54, 1.807) is 12.0 Å². The Kier molecular flexibility index (Phi) is 4.19. The van der Waals surface area contributed by atoms with Crippen molar-refractivity contribution in [1.82, 2.24) is 5.32 Å². The zero-order valence-electron chi connectivity index (χ0n) is 11.5. The highest BCUT2D eigenvalue weighted by Crippen LogP contribution is 2.33. The van der Waals surface area contributed by atoms with Crippen LogP contribution in [0.15, 0.2) is 24.3 Å². The van der Waals surface area contributed by atoms with Crippen molar-refractivity contribution in [3.63, 3.8) is 0 Å². The molecule has 1 aliphatic heterocycles. The maximum atomic E-state index is 11.8. The van der Waals surface area contributed by atoms with Crippen LogP contribution >= 0.6 is 0 Å². The summed E-state index contributed by atoms with van der Waals surface area (Å²) < 4.78 is 5.08. The molecule has 0 radical (unpaired) electrons. The summed E-state index contributed by atoms with van der Waals surface area (Å²) in [5.41, 5.74) is 1.96. The number of aliphatic hydroxyl groups excluding tert-OH is 1. The van der Waals surface area contributed by atoms with Crippen LogP contribution in [0.3, 0.4) is 0 Å². The second kappa shape index (κ2) is 5.69. The van der Waals surface area contributed by atoms with E-state index < -0.39 is 6.23 Å². The number of methoxy groups -OCH3 is 1. The molecule has 1 amide bonds. The highest BCUT2D eigenvalue weighted by Gasteiger charge is 2.36. The zero-order valence-corrected chi connectivity index (χ0v) is 11.5. The van der Waals surface area contributed by atoms with Gasteiger partial charge in [-0.2, -0.15) is 0 Å². The van der Waals surface area contributed by atoms with E-state index in [9.17, 15) is 9.90 Å². The number of carbonyl (C=O) groups excluding carboxylic acids is 1. The standard InChI is InChI=1S/C14H20N2O3/c1-9(19-3)15-14(18)13-8-11-6-4-5-7-12(11)16(13)10(2)17/h4-7,9,13-15,18H,8H2,1-3H3/t9?,13-,14?/m0/s1. The van der Waals surface area contributed by atoms with Crippen LogP contribution in [0.25, 0.3) is 0 Å². The van der Waals surface area contributed by atoms with Gasteiger partial charge in [0.2, 0.25) is 5.91 Å². The molecule has 19 heavy (non-hydrogen) atoms. The van der Waals surface area contributed by atoms with E-state index in [0.717, 1.165) is 11.3 Å². The fraction of sp³-hybridized carbons (Fsp3) is 0.500. The number of ether oxygens (including phenoxy) is 1. The summed E-state index contributed by atoms with van der Waals surface area (Å²) in [6, 6.07) is 7.43. The predicted octanol–water partition coefficient (Wildman–Crippen LogP) is 0.865. The van der Waals surface area contributed by atoms with Gasteiger partial charge in [0, 0.05) is 19.7 Å². The van der Waals surface area contributed by atoms with Crippen LogP contribution in [-0.2, 0) is 16.0 Å². The molecule has 0 saturated heterocycles. The van der Waals surface area contributed by atoms with Gasteiger partial charge in [-0.15, -0.1) is 0 Å². The molecule has 0 spiro atoms. The van der Waals surface area contributed by atoms with E-state index in [1.165, 1.54) is 6.92 Å². The summed E-state index contributed by atoms with van der Waals surface area (Å²) in [5.74, 6) is -0.0686. The molecule has 1 aromatic carbocycles. The second-order valence-corrected chi connectivity index (χ2v) is 4.78. The number of aliphatic hydroxyl groups is 1. The van der Waals surface area contributed by atoms with Gasteiger partial charge in [0.25, 0.3) is 0 Å². The van der Waals surface area contributed by atoms with Gasteiger partial charge >= 0.3 is 0 Å². The minimum absolute atomic E-state index is 0.0686. The number of carbonyl (C=O) groups is 1. The van der Waals surface area contributed by atoms with Crippen LogP contribution in [0.2, 0.25) is 0 Å². The van der Waals surface area contributed by atoms with Crippen molar-refractivity contribution in [2.45, 2.75) is 38.8 Å². The number of rotatable bonds is 4. The first-order valence-electron chi connectivity index (χ1n) is 6.39. The van der Waals surface area contributed by atoms with Gasteiger partial charge in [0.1, 0.15) is 12.5 Å². The molecule has 5 heteroatoms. The maximum Gasteiger partial charge on any atom is 0.224 e. The Morgan fingerprint density at radius 2 is 2.21 bits per heavy atom. The quantitative estimate of drug-likeness (QED) is 0.792. The van der Waals surface area contributed by atoms with Crippen LogP contribution in [0.4, 0.5) is 5.69 Å². The highest BCUT2D eigenvalue weighted by atomic mass is 16.5. The third-order valence-corrected chi connectivity index (χ3v) is 3.47. The SMILES string of the molecule is COC(C)NC(O)[C@@H]1Cc2ccccc2N1C(C)=O. The Morgan fingerprint density at radius 1 is 1.53 bits per heavy atom. The lowest BCUT2D eigenvalue weighted by molar-refractivity contribution is -0.117. The first kappa shape index (κ1) is 14.0. The van der Waals surface area contributed by atoms with E-state index >= 15 is 0 Å². The molecule has 2 N–H and O–H groups in total. The highest BCUT2D eigenvalue weighted by molar-refractivity contribution is 5.94. The van der Waals surface area contributed by atoms with Crippen LogP contribution in [0.1, 0.15) is 19.4 Å². The number of benzene rings is 1. The van der Waals surface area contributed by atoms with Crippen LogP contribution in [0.5, 0.6) is 0 Å². The summed E-state index contributed by atoms with van der Waals surface area (Å²) in [5, 5.41) is 13.2. The maximum absolute atomic E-state index is 11.8. The lowest BCUT2D eigenvalue weighted by Gasteiger charge is -2.30. The number of nitrogens with zero attached hydrogens (tertiary/aromatic N) is 1. The van der Waals surface area contributed by atoms with Crippen LogP contribution in [-0.4, -0.2) is 36.6 Å². The van der Waals surface area contributed by atoms with E-state index in [1.807, 2.05) is 31.2 Å². The molecular formula is C14H20N2O3. The number of hydrogen-bond donors (Lipinski definition) is 2. The summed E-state index contributed by atoms with van der Waals surface area (Å²) in [4.78, 5) is 13.5. The minimum Gasteiger partial charge on any atom is -0.376 e. The summed E-state index contributed by atoms with van der Waals surface area (Å²) >= 11 is 0. The summed E-state index contributed by atoms with van der Waals surface area (Å²) in [7, 11) is 1.57. The number of anilines is 1. The topological polar surface area (TPSA) is 61.8 Å². The Bertz CT molecular complexity index is 464. The number of hydrogen-bond acceptors (Lipinski definition) is 4. The van der Waals surface area contributed by atoms with Gasteiger partial charge in [-0.05, 0) is 25.0 Å². The van der Waals surface area contributed by atoms with Crippen molar-refractivity contribution >= 4 is 11.6 Å². The van der Waals surface area contributed by atoms with Crippen LogP contribution in [0, 0.1) is 0 Å². The molecule has 104 valence electrons. The van der Waals surface area contributed by atoms with E-state index in [4.69, 9.17) is 4.74 Å². The first-order valence-corrected chi connectivity index (χ1v) is 6.39. The van der Waals surface area contributed by atoms with Crippen molar-refractivity contribution in [2.75, 3.05) is 12.0 Å². The smallest absolute Gasteiger partial charge is 0.224 e. The van der Waals surface area contributed by atoms with Crippen molar-refractivity contribution in [1.29, 1.82) is 0 Å². The zero-order chi connectivity index (χ0) is 14.0. The molecule has 1 aliphatic rings. The van der Waals surface area contributed by atoms with Gasteiger partial charge in [-0.3, -0.25) is 10.1 Å². The molecule has 2 rings (SSSR count). The fourth-order valence-corrected chi connectivity index (χ4v) is 2.49. The lowest BCUT2D eigenvalue weighted by atomic mass is 10.1. The average Bonchev–Trinajstić information content (AvgIpc) is 2.77. The molecule has 5 nitrogen and oxygen atoms in total. The molecule has 2 unspecified atom stereocenters. The average molecular weight is 264 g/mol. The van der Waals surface area contributed by atoms with Gasteiger partial charge in [-0.1, -0.05) is 18.2 Å². The number of amides is 1. The third kappa shape index (κ3) is 2.78. The summed E-state index contributed by atoms with van der Waals surface area (Å²) in [6.07, 6.45) is -0.459. The molecule has 0 saturated carbocycles. The van der Waals surface area contributed by atoms with E-state index in [-0.39, 0.29) is 18.2 Å². The minimum atomic E-state index is -0.828. The molecule has 0 aromatic heterocycles. The Morgan fingerprint density at radius 3 is 2.84 bits per heavy atom. The third-order valence-electron chi connectivity index (χ3n) is 3.47. The van der Waals surface area contributed by atoms with Crippen molar-refractivity contribution < 1.29 is 14.6 Å². The van der Waals surface area contributed by atoms with E-state index in [2.05, 4.69) is 5.32 Å². The fourth-order valence-electron chi connectivity index (χ4n) is 2.49. The van der Waals surface area contributed by atoms with Crippen molar-refractivity contribution in [3.8, 4) is 0 Å². The lowest BCUT2D eigenvalue weighted by Crippen LogP contribution is -2.53. The van der Waals surface area contributed by atoms with Gasteiger partial charge in [0.05, 0.1) is 6.04 Å². The van der Waals surface area contributed by atoms with Crippen molar-refractivity contribution in [2.24, 2.45) is 0 Å². The Balaban J connectivity index is 2.21. The Labute approximate surface area is 113 Å². The molecule has 0 aliphatic carbocycles. The molecule has 1 aromatic rings. The predicted molar refractivity (Wildman–Crippen MR) is 72.7 cm³/mol. The van der Waals surface area contributed by atoms with Gasteiger partial charge < -0.3 is 14.7 Å². The molecular weight excluding hydrogens is 244 g/mol. The second-order valence-electron chi connectivity index (χ2n) is 4.78. The van der Waals surface area contributed by atoms with Crippen LogP contribution < -0.4 is 10.2 Å². The molecule has 0 bridgehead atoms. The summed E-state index contributed by atoms with van der Waals surface area (Å²) in [6.45, 7) is 3.32. The van der Waals surface area contributed by atoms with Gasteiger partial charge in [0.15, 0.2) is 0 Å². The number of para-hydroxylation sites is 1. The van der Waals surface area contributed by atoms with Gasteiger partial charge in [-0.25, -0.2) is 0 Å². The van der Waals surface area contributed by atoms with E-state index in [0.29, 0.717) is 6.42 Å².